The van der Waals surface area contributed by atoms with Crippen LogP contribution in [0, 0.1) is 0 Å². The van der Waals surface area contributed by atoms with E-state index in [1.165, 1.54) is 5.39 Å². The van der Waals surface area contributed by atoms with E-state index >= 15 is 0 Å². The Bertz CT molecular complexity index is 1630. The average molecular weight is 397 g/mol. The third-order valence-corrected chi connectivity index (χ3v) is 5.99. The molecule has 0 aliphatic rings. The van der Waals surface area contributed by atoms with E-state index in [2.05, 4.69) is 60.7 Å². The summed E-state index contributed by atoms with van der Waals surface area (Å²) in [7, 11) is 0. The summed E-state index contributed by atoms with van der Waals surface area (Å²) in [6.45, 7) is 0. The Morgan fingerprint density at radius 3 is 1.71 bits per heavy atom. The third-order valence-electron chi connectivity index (χ3n) is 5.99. The van der Waals surface area contributed by atoms with Crippen molar-refractivity contribution in [3.05, 3.63) is 126 Å². The number of hydrogen-bond acceptors (Lipinski definition) is 1. The molecule has 5 aromatic carbocycles. The van der Waals surface area contributed by atoms with Crippen LogP contribution < -0.4 is 5.56 Å². The van der Waals surface area contributed by atoms with Crippen molar-refractivity contribution in [1.82, 2.24) is 4.57 Å². The van der Waals surface area contributed by atoms with Crippen LogP contribution in [0.25, 0.3) is 49.3 Å². The number of rotatable bonds is 2. The SMILES string of the molecule is O=c1c2ccccc2c2c3ccccc3c(-c3ccccc3)cc2n1-c1ccccc1. The third kappa shape index (κ3) is 2.69. The Morgan fingerprint density at radius 1 is 0.516 bits per heavy atom. The van der Waals surface area contributed by atoms with Gasteiger partial charge in [-0.15, -0.1) is 0 Å². The van der Waals surface area contributed by atoms with Crippen LogP contribution in [0.5, 0.6) is 0 Å². The topological polar surface area (TPSA) is 22.0 Å². The summed E-state index contributed by atoms with van der Waals surface area (Å²) >= 11 is 0. The van der Waals surface area contributed by atoms with Crippen LogP contribution in [0.4, 0.5) is 0 Å². The predicted octanol–water partition coefficient (Wildman–Crippen LogP) is 6.96. The molecule has 6 rings (SSSR count). The Kier molecular flexibility index (Phi) is 3.97. The molecule has 0 amide bonds. The largest absolute Gasteiger partial charge is 0.276 e. The lowest BCUT2D eigenvalue weighted by Gasteiger charge is -2.18. The quantitative estimate of drug-likeness (QED) is 0.289. The second-order valence-corrected chi connectivity index (χ2v) is 7.75. The van der Waals surface area contributed by atoms with Crippen molar-refractivity contribution in [2.24, 2.45) is 0 Å². The second kappa shape index (κ2) is 6.96. The molecule has 0 radical (unpaired) electrons. The van der Waals surface area contributed by atoms with Gasteiger partial charge in [-0.2, -0.15) is 0 Å². The minimum atomic E-state index is 0.00333. The highest BCUT2D eigenvalue weighted by molar-refractivity contribution is 6.22. The molecule has 0 unspecified atom stereocenters. The minimum absolute atomic E-state index is 0.00333. The van der Waals surface area contributed by atoms with E-state index in [1.807, 2.05) is 59.2 Å². The fraction of sp³-hybridized carbons (Fsp3) is 0. The van der Waals surface area contributed by atoms with Crippen LogP contribution in [-0.2, 0) is 0 Å². The second-order valence-electron chi connectivity index (χ2n) is 7.75. The first-order chi connectivity index (χ1) is 15.3. The van der Waals surface area contributed by atoms with Crippen molar-refractivity contribution in [1.29, 1.82) is 0 Å². The smallest absolute Gasteiger partial charge is 0.263 e. The maximum Gasteiger partial charge on any atom is 0.263 e. The molecule has 2 nitrogen and oxygen atoms in total. The van der Waals surface area contributed by atoms with Crippen molar-refractivity contribution < 1.29 is 0 Å². The van der Waals surface area contributed by atoms with Crippen molar-refractivity contribution in [3.63, 3.8) is 0 Å². The molecule has 0 bridgehead atoms. The zero-order chi connectivity index (χ0) is 20.8. The monoisotopic (exact) mass is 397 g/mol. The standard InChI is InChI=1S/C29H19NO/c31-29-25-18-10-9-17-24(25)28-23-16-8-7-15-22(23)26(20-11-3-1-4-12-20)19-27(28)30(29)21-13-5-2-6-14-21/h1-19H. The summed E-state index contributed by atoms with van der Waals surface area (Å²) in [4.78, 5) is 13.7. The number of nitrogens with zero attached hydrogens (tertiary/aromatic N) is 1. The van der Waals surface area contributed by atoms with Gasteiger partial charge in [-0.3, -0.25) is 9.36 Å². The van der Waals surface area contributed by atoms with Crippen LogP contribution in [0.15, 0.2) is 120 Å². The molecule has 2 heteroatoms. The number of pyridine rings is 1. The van der Waals surface area contributed by atoms with Gasteiger partial charge in [-0.25, -0.2) is 0 Å². The van der Waals surface area contributed by atoms with E-state index in [-0.39, 0.29) is 5.56 Å². The lowest BCUT2D eigenvalue weighted by Crippen LogP contribution is -2.19. The molecule has 6 aromatic rings. The van der Waals surface area contributed by atoms with Gasteiger partial charge in [0.1, 0.15) is 0 Å². The molecular weight excluding hydrogens is 378 g/mol. The first-order valence-corrected chi connectivity index (χ1v) is 10.4. The molecule has 146 valence electrons. The molecule has 0 saturated heterocycles. The van der Waals surface area contributed by atoms with E-state index in [0.717, 1.165) is 43.9 Å². The van der Waals surface area contributed by atoms with Crippen LogP contribution in [0.2, 0.25) is 0 Å². The normalized spacial score (nSPS) is 11.4. The summed E-state index contributed by atoms with van der Waals surface area (Å²) < 4.78 is 1.86. The molecule has 0 fully saturated rings. The molecular formula is C29H19NO. The van der Waals surface area contributed by atoms with Gasteiger partial charge in [0.15, 0.2) is 0 Å². The summed E-state index contributed by atoms with van der Waals surface area (Å²) in [6.07, 6.45) is 0. The maximum absolute atomic E-state index is 13.7. The van der Waals surface area contributed by atoms with Gasteiger partial charge in [-0.1, -0.05) is 91.0 Å². The highest BCUT2D eigenvalue weighted by Gasteiger charge is 2.17. The fourth-order valence-electron chi connectivity index (χ4n) is 4.63. The van der Waals surface area contributed by atoms with E-state index in [0.29, 0.717) is 0 Å². The summed E-state index contributed by atoms with van der Waals surface area (Å²) in [6, 6.07) is 38.9. The van der Waals surface area contributed by atoms with Crippen LogP contribution in [0.3, 0.4) is 0 Å². The Labute approximate surface area is 179 Å². The zero-order valence-electron chi connectivity index (χ0n) is 16.8. The Balaban J connectivity index is 1.92. The number of benzene rings is 5. The Morgan fingerprint density at radius 2 is 1.03 bits per heavy atom. The molecule has 1 heterocycles. The average Bonchev–Trinajstić information content (AvgIpc) is 2.85. The van der Waals surface area contributed by atoms with Crippen molar-refractivity contribution in [2.45, 2.75) is 0 Å². The van der Waals surface area contributed by atoms with Gasteiger partial charge in [0.05, 0.1) is 5.52 Å². The molecule has 31 heavy (non-hydrogen) atoms. The first kappa shape index (κ1) is 17.7. The lowest BCUT2D eigenvalue weighted by atomic mass is 9.92. The number of fused-ring (bicyclic) bond motifs is 5. The number of para-hydroxylation sites is 1. The highest BCUT2D eigenvalue weighted by Crippen LogP contribution is 2.38. The van der Waals surface area contributed by atoms with Crippen LogP contribution >= 0.6 is 0 Å². The molecule has 0 aliphatic carbocycles. The molecule has 0 N–H and O–H groups in total. The number of hydrogen-bond donors (Lipinski definition) is 0. The molecule has 0 spiro atoms. The fourth-order valence-corrected chi connectivity index (χ4v) is 4.63. The Hall–Kier alpha value is -4.17. The van der Waals surface area contributed by atoms with E-state index < -0.39 is 0 Å². The number of aromatic nitrogens is 1. The van der Waals surface area contributed by atoms with Crippen LogP contribution in [-0.4, -0.2) is 4.57 Å². The van der Waals surface area contributed by atoms with E-state index in [1.54, 1.807) is 0 Å². The van der Waals surface area contributed by atoms with E-state index in [9.17, 15) is 4.79 Å². The van der Waals surface area contributed by atoms with Crippen molar-refractivity contribution in [3.8, 4) is 16.8 Å². The molecule has 1 aromatic heterocycles. The van der Waals surface area contributed by atoms with Gasteiger partial charge >= 0.3 is 0 Å². The van der Waals surface area contributed by atoms with Crippen molar-refractivity contribution >= 4 is 32.4 Å². The van der Waals surface area contributed by atoms with Gasteiger partial charge in [-0.05, 0) is 51.6 Å². The molecule has 0 atom stereocenters. The summed E-state index contributed by atoms with van der Waals surface area (Å²) in [5.41, 5.74) is 4.07. The summed E-state index contributed by atoms with van der Waals surface area (Å²) in [5.74, 6) is 0. The van der Waals surface area contributed by atoms with Gasteiger partial charge < -0.3 is 0 Å². The summed E-state index contributed by atoms with van der Waals surface area (Å²) in [5, 5.41) is 5.17. The van der Waals surface area contributed by atoms with Gasteiger partial charge in [0, 0.05) is 16.5 Å². The van der Waals surface area contributed by atoms with E-state index in [4.69, 9.17) is 0 Å². The first-order valence-electron chi connectivity index (χ1n) is 10.4. The van der Waals surface area contributed by atoms with Crippen molar-refractivity contribution in [2.75, 3.05) is 0 Å². The maximum atomic E-state index is 13.7. The minimum Gasteiger partial charge on any atom is -0.276 e. The van der Waals surface area contributed by atoms with Crippen LogP contribution in [0.1, 0.15) is 0 Å². The van der Waals surface area contributed by atoms with Gasteiger partial charge in [0.25, 0.3) is 5.56 Å². The highest BCUT2D eigenvalue weighted by atomic mass is 16.1. The molecule has 0 aliphatic heterocycles. The zero-order valence-corrected chi connectivity index (χ0v) is 16.8. The van der Waals surface area contributed by atoms with Gasteiger partial charge in [0.2, 0.25) is 0 Å². The lowest BCUT2D eigenvalue weighted by molar-refractivity contribution is 1.06. The molecule has 0 saturated carbocycles. The predicted molar refractivity (Wildman–Crippen MR) is 130 cm³/mol.